The minimum atomic E-state index is -0.0772. The van der Waals surface area contributed by atoms with Crippen LogP contribution in [0.5, 0.6) is 0 Å². The van der Waals surface area contributed by atoms with E-state index in [2.05, 4.69) is 209 Å². The van der Waals surface area contributed by atoms with E-state index in [1.807, 2.05) is 36.4 Å². The maximum Gasteiger partial charge on any atom is 0.252 e. The van der Waals surface area contributed by atoms with Crippen molar-refractivity contribution in [3.8, 4) is 34.2 Å². The number of fused-ring (bicyclic) bond motifs is 6. The van der Waals surface area contributed by atoms with Crippen LogP contribution in [0.2, 0.25) is 0 Å². The standard InChI is InChI=1S/C61H50BN5/c1-60(2,3)46-25-29-48(30-26-46)66-52-35-43-23-15-13-21-41(43)33-50(52)62-51-34-42-22-14-16-24-44(42)36-53(51)67(49-31-27-47(28-32-49)61(4,5)6)55-38-45(37-54(66)56(55)62)59-64-57(39-17-9-7-10-18-39)63-58(65-59)40-19-11-8-12-20-40/h7-38H,1-6H3. The zero-order chi connectivity index (χ0) is 45.6. The van der Waals surface area contributed by atoms with Gasteiger partial charge in [-0.15, -0.1) is 0 Å². The molecule has 12 rings (SSSR count). The number of benzene rings is 9. The van der Waals surface area contributed by atoms with Crippen molar-refractivity contribution in [1.29, 1.82) is 0 Å². The summed E-state index contributed by atoms with van der Waals surface area (Å²) in [4.78, 5) is 20.8. The summed E-state index contributed by atoms with van der Waals surface area (Å²) in [5.74, 6) is 1.88. The van der Waals surface area contributed by atoms with E-state index in [-0.39, 0.29) is 17.5 Å². The van der Waals surface area contributed by atoms with Gasteiger partial charge in [0.15, 0.2) is 17.5 Å². The van der Waals surface area contributed by atoms with Gasteiger partial charge in [0.05, 0.1) is 0 Å². The molecule has 0 atom stereocenters. The molecule has 0 bridgehead atoms. The van der Waals surface area contributed by atoms with E-state index >= 15 is 0 Å². The summed E-state index contributed by atoms with van der Waals surface area (Å²) in [5.41, 5.74) is 15.9. The first-order chi connectivity index (χ1) is 32.5. The van der Waals surface area contributed by atoms with Crippen molar-refractivity contribution >= 4 is 78.8 Å². The van der Waals surface area contributed by atoms with Gasteiger partial charge in [-0.3, -0.25) is 0 Å². The molecule has 6 heteroatoms. The maximum absolute atomic E-state index is 5.34. The lowest BCUT2D eigenvalue weighted by Gasteiger charge is -2.44. The third kappa shape index (κ3) is 6.98. The van der Waals surface area contributed by atoms with Gasteiger partial charge in [-0.1, -0.05) is 187 Å². The van der Waals surface area contributed by atoms with E-state index in [4.69, 9.17) is 15.0 Å². The molecule has 2 aliphatic rings. The number of hydrogen-bond acceptors (Lipinski definition) is 5. The van der Waals surface area contributed by atoms with Crippen molar-refractivity contribution in [2.24, 2.45) is 0 Å². The molecule has 0 saturated heterocycles. The van der Waals surface area contributed by atoms with E-state index < -0.39 is 0 Å². The molecule has 5 nitrogen and oxygen atoms in total. The number of nitrogens with zero attached hydrogens (tertiary/aromatic N) is 5. The first-order valence-corrected chi connectivity index (χ1v) is 23.4. The number of hydrogen-bond donors (Lipinski definition) is 0. The molecule has 1 aromatic heterocycles. The van der Waals surface area contributed by atoms with Crippen molar-refractivity contribution in [3.63, 3.8) is 0 Å². The summed E-state index contributed by atoms with van der Waals surface area (Å²) in [7, 11) is 0. The highest BCUT2D eigenvalue weighted by Gasteiger charge is 2.44. The molecule has 2 aliphatic heterocycles. The summed E-state index contributed by atoms with van der Waals surface area (Å²) in [6.07, 6.45) is 0. The summed E-state index contributed by atoms with van der Waals surface area (Å²) in [5, 5.41) is 4.84. The van der Waals surface area contributed by atoms with Crippen LogP contribution in [0.15, 0.2) is 194 Å². The van der Waals surface area contributed by atoms with Gasteiger partial charge in [-0.2, -0.15) is 0 Å². The minimum absolute atomic E-state index is 0.000155. The Kier molecular flexibility index (Phi) is 9.34. The molecule has 9 aromatic carbocycles. The first-order valence-electron chi connectivity index (χ1n) is 23.4. The summed E-state index contributed by atoms with van der Waals surface area (Å²) in [6.45, 7) is 13.6. The largest absolute Gasteiger partial charge is 0.311 e. The van der Waals surface area contributed by atoms with Gasteiger partial charge >= 0.3 is 0 Å². The summed E-state index contributed by atoms with van der Waals surface area (Å²) < 4.78 is 0. The third-order valence-corrected chi connectivity index (χ3v) is 13.7. The second kappa shape index (κ2) is 15.4. The van der Waals surface area contributed by atoms with Gasteiger partial charge in [0.2, 0.25) is 0 Å². The molecule has 0 N–H and O–H groups in total. The molecule has 0 aliphatic carbocycles. The molecule has 10 aromatic rings. The Labute approximate surface area is 393 Å². The number of aromatic nitrogens is 3. The predicted octanol–water partition coefficient (Wildman–Crippen LogP) is 13.9. The quantitative estimate of drug-likeness (QED) is 0.161. The third-order valence-electron chi connectivity index (χ3n) is 13.7. The lowest BCUT2D eigenvalue weighted by atomic mass is 9.33. The van der Waals surface area contributed by atoms with Gasteiger partial charge in [-0.05, 0) is 108 Å². The van der Waals surface area contributed by atoms with Gasteiger partial charge in [0.25, 0.3) is 6.71 Å². The summed E-state index contributed by atoms with van der Waals surface area (Å²) >= 11 is 0. The monoisotopic (exact) mass is 863 g/mol. The summed E-state index contributed by atoms with van der Waals surface area (Å²) in [6, 6.07) is 70.9. The zero-order valence-corrected chi connectivity index (χ0v) is 38.8. The molecule has 0 amide bonds. The fourth-order valence-electron chi connectivity index (χ4n) is 10.2. The van der Waals surface area contributed by atoms with Crippen molar-refractivity contribution in [1.82, 2.24) is 15.0 Å². The van der Waals surface area contributed by atoms with Crippen LogP contribution < -0.4 is 26.2 Å². The van der Waals surface area contributed by atoms with Crippen LogP contribution in [0.1, 0.15) is 52.7 Å². The molecular formula is C61H50BN5. The molecule has 0 unspecified atom stereocenters. The highest BCUT2D eigenvalue weighted by Crippen LogP contribution is 2.47. The maximum atomic E-state index is 5.34. The number of anilines is 6. The molecule has 0 radical (unpaired) electrons. The van der Waals surface area contributed by atoms with E-state index in [1.54, 1.807) is 0 Å². The van der Waals surface area contributed by atoms with Crippen LogP contribution in [0.25, 0.3) is 55.7 Å². The van der Waals surface area contributed by atoms with Crippen LogP contribution in [0.4, 0.5) is 34.1 Å². The van der Waals surface area contributed by atoms with Crippen LogP contribution >= 0.6 is 0 Å². The lowest BCUT2D eigenvalue weighted by molar-refractivity contribution is 0.590. The Morgan fingerprint density at radius 1 is 0.343 bits per heavy atom. The van der Waals surface area contributed by atoms with Crippen LogP contribution in [-0.4, -0.2) is 21.7 Å². The Morgan fingerprint density at radius 2 is 0.687 bits per heavy atom. The van der Waals surface area contributed by atoms with Gasteiger partial charge < -0.3 is 9.80 Å². The molecule has 0 spiro atoms. The molecular weight excluding hydrogens is 814 g/mol. The Hall–Kier alpha value is -7.83. The van der Waals surface area contributed by atoms with E-state index in [0.29, 0.717) is 17.5 Å². The van der Waals surface area contributed by atoms with Gasteiger partial charge in [-0.25, -0.2) is 15.0 Å². The molecule has 3 heterocycles. The highest BCUT2D eigenvalue weighted by molar-refractivity contribution is 7.00. The average molecular weight is 864 g/mol. The SMILES string of the molecule is CC(C)(C)c1ccc(N2c3cc4ccccc4cc3B3c4cc5ccccc5cc4N(c4ccc(C(C)(C)C)cc4)c4cc(-c5nc(-c6ccccc6)nc(-c6ccccc6)n5)cc2c43)cc1. The zero-order valence-electron chi connectivity index (χ0n) is 38.8. The van der Waals surface area contributed by atoms with Crippen LogP contribution in [0.3, 0.4) is 0 Å². The van der Waals surface area contributed by atoms with Crippen molar-refractivity contribution < 1.29 is 0 Å². The lowest BCUT2D eigenvalue weighted by Crippen LogP contribution is -2.61. The van der Waals surface area contributed by atoms with Crippen molar-refractivity contribution in [2.75, 3.05) is 9.80 Å². The second-order valence-corrected chi connectivity index (χ2v) is 20.2. The fraction of sp³-hybridized carbons (Fsp3) is 0.131. The fourth-order valence-corrected chi connectivity index (χ4v) is 10.2. The van der Waals surface area contributed by atoms with Crippen LogP contribution in [-0.2, 0) is 10.8 Å². The average Bonchev–Trinajstić information content (AvgIpc) is 3.35. The first kappa shape index (κ1) is 40.7. The van der Waals surface area contributed by atoms with Crippen LogP contribution in [0, 0.1) is 0 Å². The van der Waals surface area contributed by atoms with Crippen molar-refractivity contribution in [2.45, 2.75) is 52.4 Å². The van der Waals surface area contributed by atoms with Crippen molar-refractivity contribution in [3.05, 3.63) is 205 Å². The van der Waals surface area contributed by atoms with E-state index in [1.165, 1.54) is 49.1 Å². The molecule has 322 valence electrons. The van der Waals surface area contributed by atoms with Gasteiger partial charge in [0, 0.05) is 50.8 Å². The topological polar surface area (TPSA) is 45.2 Å². The Balaban J connectivity index is 1.21. The second-order valence-electron chi connectivity index (χ2n) is 20.2. The molecule has 67 heavy (non-hydrogen) atoms. The smallest absolute Gasteiger partial charge is 0.252 e. The predicted molar refractivity (Wildman–Crippen MR) is 283 cm³/mol. The Bertz CT molecular complexity index is 3310. The highest BCUT2D eigenvalue weighted by atomic mass is 15.2. The van der Waals surface area contributed by atoms with E-state index in [0.717, 1.165) is 50.8 Å². The molecule has 0 fully saturated rings. The number of rotatable bonds is 5. The Morgan fingerprint density at radius 3 is 1.06 bits per heavy atom. The normalized spacial score (nSPS) is 13.1. The molecule has 0 saturated carbocycles. The van der Waals surface area contributed by atoms with E-state index in [9.17, 15) is 0 Å². The van der Waals surface area contributed by atoms with Gasteiger partial charge in [0.1, 0.15) is 0 Å². The minimum Gasteiger partial charge on any atom is -0.311 e.